The molecule has 0 aliphatic carbocycles. The Hall–Kier alpha value is -1.66. The van der Waals surface area contributed by atoms with E-state index in [2.05, 4.69) is 10.3 Å². The van der Waals surface area contributed by atoms with E-state index in [9.17, 15) is 4.79 Å². The minimum atomic E-state index is 0.0243. The SMILES string of the molecule is Cn1ccnc1C1CNCCN1C(=O)Cc1cccs1. The Morgan fingerprint density at radius 3 is 3.20 bits per heavy atom. The van der Waals surface area contributed by atoms with Gasteiger partial charge in [0.1, 0.15) is 11.9 Å². The Morgan fingerprint density at radius 1 is 1.60 bits per heavy atom. The van der Waals surface area contributed by atoms with Gasteiger partial charge < -0.3 is 14.8 Å². The Morgan fingerprint density at radius 2 is 2.50 bits per heavy atom. The van der Waals surface area contributed by atoms with Gasteiger partial charge in [0.25, 0.3) is 0 Å². The minimum Gasteiger partial charge on any atom is -0.336 e. The normalized spacial score (nSPS) is 19.2. The molecule has 0 spiro atoms. The van der Waals surface area contributed by atoms with E-state index in [1.54, 1.807) is 17.5 Å². The van der Waals surface area contributed by atoms with Crippen LogP contribution in [-0.2, 0) is 18.3 Å². The minimum absolute atomic E-state index is 0.0243. The van der Waals surface area contributed by atoms with Crippen molar-refractivity contribution in [2.45, 2.75) is 12.5 Å². The first-order valence-electron chi connectivity index (χ1n) is 6.75. The molecular formula is C14H18N4OS. The number of hydrogen-bond acceptors (Lipinski definition) is 4. The third kappa shape index (κ3) is 2.62. The summed E-state index contributed by atoms with van der Waals surface area (Å²) in [6.45, 7) is 2.35. The van der Waals surface area contributed by atoms with Crippen LogP contribution < -0.4 is 5.32 Å². The summed E-state index contributed by atoms with van der Waals surface area (Å²) in [6.07, 6.45) is 4.19. The van der Waals surface area contributed by atoms with Crippen molar-refractivity contribution in [3.8, 4) is 0 Å². The molecular weight excluding hydrogens is 272 g/mol. The van der Waals surface area contributed by atoms with E-state index in [1.165, 1.54) is 0 Å². The Bertz CT molecular complexity index is 578. The smallest absolute Gasteiger partial charge is 0.228 e. The van der Waals surface area contributed by atoms with Gasteiger partial charge in [0.15, 0.2) is 0 Å². The zero-order valence-corrected chi connectivity index (χ0v) is 12.3. The quantitative estimate of drug-likeness (QED) is 0.924. The van der Waals surface area contributed by atoms with Crippen molar-refractivity contribution in [1.29, 1.82) is 0 Å². The number of nitrogens with zero attached hydrogens (tertiary/aromatic N) is 3. The first-order chi connectivity index (χ1) is 9.75. The highest BCUT2D eigenvalue weighted by Gasteiger charge is 2.30. The van der Waals surface area contributed by atoms with E-state index in [1.807, 2.05) is 40.2 Å². The van der Waals surface area contributed by atoms with Gasteiger partial charge in [-0.25, -0.2) is 4.98 Å². The third-order valence-corrected chi connectivity index (χ3v) is 4.50. The van der Waals surface area contributed by atoms with E-state index in [0.717, 1.165) is 30.3 Å². The first-order valence-corrected chi connectivity index (χ1v) is 7.63. The molecule has 0 aromatic carbocycles. The summed E-state index contributed by atoms with van der Waals surface area (Å²) in [7, 11) is 1.97. The number of nitrogens with one attached hydrogen (secondary N) is 1. The topological polar surface area (TPSA) is 50.2 Å². The molecule has 1 fully saturated rings. The molecule has 1 atom stereocenters. The van der Waals surface area contributed by atoms with Crippen LogP contribution in [0.2, 0.25) is 0 Å². The largest absolute Gasteiger partial charge is 0.336 e. The molecule has 0 radical (unpaired) electrons. The Labute approximate surface area is 122 Å². The van der Waals surface area contributed by atoms with Gasteiger partial charge in [-0.1, -0.05) is 6.07 Å². The standard InChI is InChI=1S/C14H18N4OS/c1-17-6-5-16-14(17)12-10-15-4-7-18(12)13(19)9-11-3-2-8-20-11/h2-3,5-6,8,12,15H,4,7,9-10H2,1H3. The molecule has 3 heterocycles. The molecule has 106 valence electrons. The zero-order valence-electron chi connectivity index (χ0n) is 11.5. The van der Waals surface area contributed by atoms with E-state index >= 15 is 0 Å². The molecule has 1 saturated heterocycles. The lowest BCUT2D eigenvalue weighted by molar-refractivity contribution is -0.134. The molecule has 5 nitrogen and oxygen atoms in total. The summed E-state index contributed by atoms with van der Waals surface area (Å²) >= 11 is 1.63. The number of carbonyl (C=O) groups is 1. The summed E-state index contributed by atoms with van der Waals surface area (Å²) in [5.74, 6) is 1.12. The van der Waals surface area contributed by atoms with Gasteiger partial charge in [-0.2, -0.15) is 0 Å². The third-order valence-electron chi connectivity index (χ3n) is 3.63. The van der Waals surface area contributed by atoms with Crippen LogP contribution in [-0.4, -0.2) is 40.0 Å². The Kier molecular flexibility index (Phi) is 3.84. The van der Waals surface area contributed by atoms with E-state index in [0.29, 0.717) is 6.42 Å². The maximum Gasteiger partial charge on any atom is 0.228 e. The molecule has 1 aliphatic heterocycles. The van der Waals surface area contributed by atoms with E-state index < -0.39 is 0 Å². The molecule has 3 rings (SSSR count). The first kappa shape index (κ1) is 13.3. The lowest BCUT2D eigenvalue weighted by Gasteiger charge is -2.35. The maximum atomic E-state index is 12.6. The number of amides is 1. The second-order valence-corrected chi connectivity index (χ2v) is 5.99. The molecule has 1 aliphatic rings. The number of imidazole rings is 1. The monoisotopic (exact) mass is 290 g/mol. The molecule has 0 saturated carbocycles. The van der Waals surface area contributed by atoms with E-state index in [4.69, 9.17) is 0 Å². The van der Waals surface area contributed by atoms with Gasteiger partial charge in [0.05, 0.1) is 6.42 Å². The Balaban J connectivity index is 1.78. The van der Waals surface area contributed by atoms with Gasteiger partial charge in [0, 0.05) is 44.0 Å². The average molecular weight is 290 g/mol. The van der Waals surface area contributed by atoms with Crippen molar-refractivity contribution in [3.05, 3.63) is 40.6 Å². The number of hydrogen-bond donors (Lipinski definition) is 1. The second kappa shape index (κ2) is 5.76. The fourth-order valence-corrected chi connectivity index (χ4v) is 3.29. The van der Waals surface area contributed by atoms with Crippen LogP contribution in [0.5, 0.6) is 0 Å². The zero-order chi connectivity index (χ0) is 13.9. The molecule has 6 heteroatoms. The predicted octanol–water partition coefficient (Wildman–Crippen LogP) is 1.20. The molecule has 20 heavy (non-hydrogen) atoms. The summed E-state index contributed by atoms with van der Waals surface area (Å²) in [4.78, 5) is 20.0. The second-order valence-electron chi connectivity index (χ2n) is 4.96. The lowest BCUT2D eigenvalue weighted by atomic mass is 10.1. The average Bonchev–Trinajstić information content (AvgIpc) is 3.10. The number of aromatic nitrogens is 2. The molecule has 2 aromatic rings. The van der Waals surface area contributed by atoms with Crippen LogP contribution in [0.25, 0.3) is 0 Å². The number of carbonyl (C=O) groups excluding carboxylic acids is 1. The number of aryl methyl sites for hydroxylation is 1. The number of rotatable bonds is 3. The number of piperazine rings is 1. The van der Waals surface area contributed by atoms with Crippen LogP contribution in [0, 0.1) is 0 Å². The highest BCUT2D eigenvalue weighted by molar-refractivity contribution is 7.10. The van der Waals surface area contributed by atoms with Crippen LogP contribution in [0.1, 0.15) is 16.7 Å². The predicted molar refractivity (Wildman–Crippen MR) is 78.6 cm³/mol. The van der Waals surface area contributed by atoms with Crippen molar-refractivity contribution >= 4 is 17.2 Å². The summed E-state index contributed by atoms with van der Waals surface area (Å²) in [5, 5.41) is 5.36. The highest BCUT2D eigenvalue weighted by Crippen LogP contribution is 2.22. The van der Waals surface area contributed by atoms with Crippen molar-refractivity contribution in [1.82, 2.24) is 19.8 Å². The van der Waals surface area contributed by atoms with Crippen molar-refractivity contribution < 1.29 is 4.79 Å². The van der Waals surface area contributed by atoms with Crippen molar-refractivity contribution in [2.24, 2.45) is 7.05 Å². The van der Waals surface area contributed by atoms with Gasteiger partial charge in [-0.05, 0) is 11.4 Å². The van der Waals surface area contributed by atoms with Crippen LogP contribution in [0.15, 0.2) is 29.9 Å². The van der Waals surface area contributed by atoms with Gasteiger partial charge in [-0.3, -0.25) is 4.79 Å². The lowest BCUT2D eigenvalue weighted by Crippen LogP contribution is -2.49. The highest BCUT2D eigenvalue weighted by atomic mass is 32.1. The summed E-state index contributed by atoms with van der Waals surface area (Å²) < 4.78 is 1.99. The van der Waals surface area contributed by atoms with Crippen molar-refractivity contribution in [2.75, 3.05) is 19.6 Å². The summed E-state index contributed by atoms with van der Waals surface area (Å²) in [6, 6.07) is 4.03. The molecule has 1 amide bonds. The molecule has 1 unspecified atom stereocenters. The fourth-order valence-electron chi connectivity index (χ4n) is 2.60. The fraction of sp³-hybridized carbons (Fsp3) is 0.429. The van der Waals surface area contributed by atoms with Crippen LogP contribution >= 0.6 is 11.3 Å². The summed E-state index contributed by atoms with van der Waals surface area (Å²) in [5.41, 5.74) is 0. The van der Waals surface area contributed by atoms with E-state index in [-0.39, 0.29) is 11.9 Å². The molecule has 0 bridgehead atoms. The van der Waals surface area contributed by atoms with Crippen molar-refractivity contribution in [3.63, 3.8) is 0 Å². The van der Waals surface area contributed by atoms with Gasteiger partial charge in [-0.15, -0.1) is 11.3 Å². The molecule has 2 aromatic heterocycles. The van der Waals surface area contributed by atoms with Gasteiger partial charge >= 0.3 is 0 Å². The molecule has 1 N–H and O–H groups in total. The van der Waals surface area contributed by atoms with Gasteiger partial charge in [0.2, 0.25) is 5.91 Å². The number of thiophene rings is 1. The van der Waals surface area contributed by atoms with Crippen LogP contribution in [0.4, 0.5) is 0 Å². The van der Waals surface area contributed by atoms with Crippen LogP contribution in [0.3, 0.4) is 0 Å². The maximum absolute atomic E-state index is 12.6.